The van der Waals surface area contributed by atoms with Crippen molar-refractivity contribution in [3.63, 3.8) is 0 Å². The quantitative estimate of drug-likeness (QED) is 0.768. The van der Waals surface area contributed by atoms with Gasteiger partial charge in [0.25, 0.3) is 0 Å². The minimum Gasteiger partial charge on any atom is -0.494 e. The molecule has 0 aliphatic heterocycles. The molecular weight excluding hydrogens is 252 g/mol. The van der Waals surface area contributed by atoms with E-state index in [1.807, 2.05) is 45.0 Å². The van der Waals surface area contributed by atoms with Crippen molar-refractivity contribution in [1.29, 1.82) is 5.26 Å². The van der Waals surface area contributed by atoms with E-state index in [1.165, 1.54) is 5.56 Å². The molecule has 1 unspecified atom stereocenters. The molecule has 1 rings (SSSR count). The van der Waals surface area contributed by atoms with Crippen LogP contribution < -0.4 is 4.74 Å². The first-order chi connectivity index (χ1) is 9.62. The molecular formula is C16H22N2O2. The Labute approximate surface area is 121 Å². The van der Waals surface area contributed by atoms with Gasteiger partial charge in [-0.2, -0.15) is 5.26 Å². The van der Waals surface area contributed by atoms with Crippen molar-refractivity contribution in [2.75, 3.05) is 19.7 Å². The van der Waals surface area contributed by atoms with Crippen molar-refractivity contribution in [2.24, 2.45) is 5.92 Å². The molecule has 0 spiro atoms. The standard InChI is InChI=1S/C16H22N2O2/c1-4-18(5-2)16(19)14(12-17)10-11-20-15-8-6-13(3)7-9-15/h6-9,14H,4-5,10-11H2,1-3H3. The number of carbonyl (C=O) groups excluding carboxylic acids is 1. The van der Waals surface area contributed by atoms with Crippen LogP contribution in [0.25, 0.3) is 0 Å². The molecule has 0 fully saturated rings. The van der Waals surface area contributed by atoms with Crippen LogP contribution in [0, 0.1) is 24.2 Å². The van der Waals surface area contributed by atoms with E-state index < -0.39 is 5.92 Å². The molecule has 108 valence electrons. The van der Waals surface area contributed by atoms with Gasteiger partial charge in [-0.15, -0.1) is 0 Å². The second-order valence-electron chi connectivity index (χ2n) is 4.64. The molecule has 0 bridgehead atoms. The fraction of sp³-hybridized carbons (Fsp3) is 0.500. The minimum absolute atomic E-state index is 0.106. The Morgan fingerprint density at radius 2 is 1.90 bits per heavy atom. The van der Waals surface area contributed by atoms with Crippen LogP contribution in [0.4, 0.5) is 0 Å². The van der Waals surface area contributed by atoms with Crippen LogP contribution in [-0.4, -0.2) is 30.5 Å². The van der Waals surface area contributed by atoms with Gasteiger partial charge in [-0.3, -0.25) is 4.79 Å². The fourth-order valence-corrected chi connectivity index (χ4v) is 1.93. The highest BCUT2D eigenvalue weighted by atomic mass is 16.5. The second kappa shape index (κ2) is 8.21. The summed E-state index contributed by atoms with van der Waals surface area (Å²) >= 11 is 0. The highest BCUT2D eigenvalue weighted by Crippen LogP contribution is 2.13. The summed E-state index contributed by atoms with van der Waals surface area (Å²) < 4.78 is 5.57. The smallest absolute Gasteiger partial charge is 0.240 e. The molecule has 0 saturated carbocycles. The number of nitrogens with zero attached hydrogens (tertiary/aromatic N) is 2. The van der Waals surface area contributed by atoms with E-state index in [1.54, 1.807) is 4.90 Å². The first-order valence-corrected chi connectivity index (χ1v) is 7.00. The minimum atomic E-state index is -0.625. The number of benzene rings is 1. The lowest BCUT2D eigenvalue weighted by molar-refractivity contribution is -0.133. The zero-order chi connectivity index (χ0) is 15.0. The van der Waals surface area contributed by atoms with Crippen molar-refractivity contribution in [1.82, 2.24) is 4.90 Å². The zero-order valence-electron chi connectivity index (χ0n) is 12.4. The third-order valence-corrected chi connectivity index (χ3v) is 3.23. The number of hydrogen-bond acceptors (Lipinski definition) is 3. The lowest BCUT2D eigenvalue weighted by Gasteiger charge is -2.21. The number of rotatable bonds is 7. The highest BCUT2D eigenvalue weighted by Gasteiger charge is 2.22. The van der Waals surface area contributed by atoms with Gasteiger partial charge in [-0.05, 0) is 32.9 Å². The Hall–Kier alpha value is -2.02. The average Bonchev–Trinajstić information content (AvgIpc) is 2.46. The topological polar surface area (TPSA) is 53.3 Å². The molecule has 0 aliphatic rings. The Bertz CT molecular complexity index is 458. The molecule has 0 heterocycles. The van der Waals surface area contributed by atoms with Gasteiger partial charge in [-0.1, -0.05) is 17.7 Å². The van der Waals surface area contributed by atoms with E-state index in [9.17, 15) is 4.79 Å². The summed E-state index contributed by atoms with van der Waals surface area (Å²) in [5, 5.41) is 9.12. The van der Waals surface area contributed by atoms with Gasteiger partial charge in [0.2, 0.25) is 5.91 Å². The molecule has 1 aromatic rings. The van der Waals surface area contributed by atoms with E-state index in [0.29, 0.717) is 26.1 Å². The van der Waals surface area contributed by atoms with E-state index >= 15 is 0 Å². The zero-order valence-corrected chi connectivity index (χ0v) is 12.4. The molecule has 0 aliphatic carbocycles. The Morgan fingerprint density at radius 1 is 1.30 bits per heavy atom. The number of hydrogen-bond donors (Lipinski definition) is 0. The van der Waals surface area contributed by atoms with Crippen LogP contribution in [0.1, 0.15) is 25.8 Å². The fourth-order valence-electron chi connectivity index (χ4n) is 1.93. The molecule has 4 heteroatoms. The van der Waals surface area contributed by atoms with Crippen LogP contribution >= 0.6 is 0 Å². The SMILES string of the molecule is CCN(CC)C(=O)C(C#N)CCOc1ccc(C)cc1. The normalized spacial score (nSPS) is 11.5. The maximum atomic E-state index is 12.1. The number of amides is 1. The largest absolute Gasteiger partial charge is 0.494 e. The van der Waals surface area contributed by atoms with Gasteiger partial charge in [0.1, 0.15) is 11.7 Å². The first-order valence-electron chi connectivity index (χ1n) is 7.00. The number of carbonyl (C=O) groups is 1. The summed E-state index contributed by atoms with van der Waals surface area (Å²) in [5.74, 6) is 0.0351. The maximum Gasteiger partial charge on any atom is 0.240 e. The van der Waals surface area contributed by atoms with E-state index in [-0.39, 0.29) is 5.91 Å². The molecule has 20 heavy (non-hydrogen) atoms. The van der Waals surface area contributed by atoms with Gasteiger partial charge in [0.15, 0.2) is 0 Å². The van der Waals surface area contributed by atoms with Crippen molar-refractivity contribution in [3.05, 3.63) is 29.8 Å². The third kappa shape index (κ3) is 4.58. The highest BCUT2D eigenvalue weighted by molar-refractivity contribution is 5.81. The third-order valence-electron chi connectivity index (χ3n) is 3.23. The molecule has 1 amide bonds. The first kappa shape index (κ1) is 16.0. The summed E-state index contributed by atoms with van der Waals surface area (Å²) in [6.07, 6.45) is 0.416. The van der Waals surface area contributed by atoms with Gasteiger partial charge in [0, 0.05) is 19.5 Å². The second-order valence-corrected chi connectivity index (χ2v) is 4.64. The van der Waals surface area contributed by atoms with Crippen LogP contribution in [0.15, 0.2) is 24.3 Å². The maximum absolute atomic E-state index is 12.1. The molecule has 0 saturated heterocycles. The van der Waals surface area contributed by atoms with Gasteiger partial charge < -0.3 is 9.64 Å². The molecule has 1 atom stereocenters. The van der Waals surface area contributed by atoms with E-state index in [0.717, 1.165) is 5.75 Å². The summed E-state index contributed by atoms with van der Waals surface area (Å²) in [5.41, 5.74) is 1.17. The summed E-state index contributed by atoms with van der Waals surface area (Å²) in [6.45, 7) is 7.47. The lowest BCUT2D eigenvalue weighted by Crippen LogP contribution is -2.36. The summed E-state index contributed by atoms with van der Waals surface area (Å²) in [4.78, 5) is 13.8. The molecule has 4 nitrogen and oxygen atoms in total. The molecule has 0 aromatic heterocycles. The summed E-state index contributed by atoms with van der Waals surface area (Å²) in [7, 11) is 0. The predicted octanol–water partition coefficient (Wildman–Crippen LogP) is 2.77. The van der Waals surface area contributed by atoms with Gasteiger partial charge in [-0.25, -0.2) is 0 Å². The Balaban J connectivity index is 2.48. The van der Waals surface area contributed by atoms with Crippen molar-refractivity contribution < 1.29 is 9.53 Å². The lowest BCUT2D eigenvalue weighted by atomic mass is 10.1. The monoisotopic (exact) mass is 274 g/mol. The molecule has 0 radical (unpaired) electrons. The number of aryl methyl sites for hydroxylation is 1. The van der Waals surface area contributed by atoms with Crippen molar-refractivity contribution in [2.45, 2.75) is 27.2 Å². The Kier molecular flexibility index (Phi) is 6.58. The number of nitriles is 1. The van der Waals surface area contributed by atoms with E-state index in [2.05, 4.69) is 6.07 Å². The predicted molar refractivity (Wildman–Crippen MR) is 78.3 cm³/mol. The van der Waals surface area contributed by atoms with Crippen LogP contribution in [0.5, 0.6) is 5.75 Å². The van der Waals surface area contributed by atoms with Crippen molar-refractivity contribution in [3.8, 4) is 11.8 Å². The van der Waals surface area contributed by atoms with Crippen molar-refractivity contribution >= 4 is 5.91 Å². The van der Waals surface area contributed by atoms with E-state index in [4.69, 9.17) is 10.00 Å². The number of ether oxygens (including phenoxy) is 1. The van der Waals surface area contributed by atoms with Crippen LogP contribution in [0.3, 0.4) is 0 Å². The van der Waals surface area contributed by atoms with Gasteiger partial charge in [0.05, 0.1) is 12.7 Å². The van der Waals surface area contributed by atoms with Crippen LogP contribution in [-0.2, 0) is 4.79 Å². The molecule has 1 aromatic carbocycles. The summed E-state index contributed by atoms with van der Waals surface area (Å²) in [6, 6.07) is 9.80. The average molecular weight is 274 g/mol. The van der Waals surface area contributed by atoms with Crippen LogP contribution in [0.2, 0.25) is 0 Å². The molecule has 0 N–H and O–H groups in total. The Morgan fingerprint density at radius 3 is 2.40 bits per heavy atom. The van der Waals surface area contributed by atoms with Gasteiger partial charge >= 0.3 is 0 Å².